The number of rotatable bonds is 8. The number of amides is 2. The smallest absolute Gasteiger partial charge is 0.263 e. The molecule has 1 saturated carbocycles. The molecule has 0 aliphatic heterocycles. The van der Waals surface area contributed by atoms with Gasteiger partial charge in [0.25, 0.3) is 17.4 Å². The lowest BCUT2D eigenvalue weighted by Gasteiger charge is -2.12. The molecule has 1 heterocycles. The van der Waals surface area contributed by atoms with Crippen molar-refractivity contribution in [2.75, 3.05) is 20.3 Å². The molecule has 1 aromatic carbocycles. The van der Waals surface area contributed by atoms with E-state index in [1.807, 2.05) is 37.3 Å². The zero-order valence-electron chi connectivity index (χ0n) is 16.1. The van der Waals surface area contributed by atoms with Gasteiger partial charge in [0.1, 0.15) is 5.56 Å². The van der Waals surface area contributed by atoms with E-state index >= 15 is 0 Å². The van der Waals surface area contributed by atoms with Crippen molar-refractivity contribution in [3.63, 3.8) is 0 Å². The molecule has 0 spiro atoms. The molecule has 7 heteroatoms. The fourth-order valence-corrected chi connectivity index (χ4v) is 3.08. The number of nitrogens with one attached hydrogen (secondary N) is 2. The summed E-state index contributed by atoms with van der Waals surface area (Å²) in [7, 11) is 1.46. The van der Waals surface area contributed by atoms with Gasteiger partial charge in [0.05, 0.1) is 18.7 Å². The van der Waals surface area contributed by atoms with Crippen LogP contribution >= 0.6 is 0 Å². The van der Waals surface area contributed by atoms with Crippen LogP contribution in [0.3, 0.4) is 0 Å². The number of pyridine rings is 1. The minimum atomic E-state index is -0.512. The van der Waals surface area contributed by atoms with Crippen LogP contribution in [0.15, 0.2) is 47.4 Å². The predicted molar refractivity (Wildman–Crippen MR) is 105 cm³/mol. The average molecular weight is 383 g/mol. The van der Waals surface area contributed by atoms with Crippen LogP contribution in [-0.4, -0.2) is 42.7 Å². The molecule has 28 heavy (non-hydrogen) atoms. The molecule has 2 N–H and O–H groups in total. The fraction of sp³-hybridized carbons (Fsp3) is 0.381. The zero-order valence-corrected chi connectivity index (χ0v) is 16.1. The summed E-state index contributed by atoms with van der Waals surface area (Å²) in [5.41, 5.74) is 0.716. The number of aromatic nitrogens is 1. The first-order valence-corrected chi connectivity index (χ1v) is 9.42. The van der Waals surface area contributed by atoms with Crippen molar-refractivity contribution in [2.45, 2.75) is 25.9 Å². The van der Waals surface area contributed by atoms with Crippen molar-refractivity contribution in [3.05, 3.63) is 69.6 Å². The summed E-state index contributed by atoms with van der Waals surface area (Å²) in [5.74, 6) is -0.490. The van der Waals surface area contributed by atoms with Gasteiger partial charge in [0, 0.05) is 31.8 Å². The predicted octanol–water partition coefficient (Wildman–Crippen LogP) is 1.41. The lowest BCUT2D eigenvalue weighted by atomic mass is 10.1. The van der Waals surface area contributed by atoms with E-state index in [1.165, 1.54) is 23.9 Å². The second-order valence-corrected chi connectivity index (χ2v) is 6.88. The van der Waals surface area contributed by atoms with E-state index in [0.717, 1.165) is 12.0 Å². The van der Waals surface area contributed by atoms with Crippen LogP contribution in [0.2, 0.25) is 0 Å². The molecule has 1 aromatic heterocycles. The number of ether oxygens (including phenoxy) is 1. The summed E-state index contributed by atoms with van der Waals surface area (Å²) in [6, 6.07) is 10.8. The average Bonchev–Trinajstić information content (AvgIpc) is 3.45. The van der Waals surface area contributed by atoms with Crippen LogP contribution in [-0.2, 0) is 11.3 Å². The maximum atomic E-state index is 12.7. The topological polar surface area (TPSA) is 89.4 Å². The van der Waals surface area contributed by atoms with Gasteiger partial charge in [-0.3, -0.25) is 14.4 Å². The Balaban J connectivity index is 1.84. The Bertz CT molecular complexity index is 908. The molecule has 0 saturated heterocycles. The maximum Gasteiger partial charge on any atom is 0.263 e. The number of hydrogen-bond donors (Lipinski definition) is 2. The molecule has 0 bridgehead atoms. The quantitative estimate of drug-likeness (QED) is 0.721. The number of carbonyl (C=O) groups is 2. The Hall–Kier alpha value is -2.93. The van der Waals surface area contributed by atoms with Crippen molar-refractivity contribution in [1.29, 1.82) is 0 Å². The van der Waals surface area contributed by atoms with Gasteiger partial charge in [-0.2, -0.15) is 0 Å². The van der Waals surface area contributed by atoms with Crippen LogP contribution < -0.4 is 16.2 Å². The summed E-state index contributed by atoms with van der Waals surface area (Å²) in [5, 5.41) is 5.42. The Morgan fingerprint density at radius 1 is 1.21 bits per heavy atom. The Morgan fingerprint density at radius 2 is 1.96 bits per heavy atom. The molecule has 1 aliphatic rings. The Kier molecular flexibility index (Phi) is 6.26. The SMILES string of the molecule is CCOC[C@@H]1C[C@H]1NC(=O)c1cc(C(=O)NC)c(=O)n(Cc2ccccc2)c1. The van der Waals surface area contributed by atoms with Gasteiger partial charge in [-0.15, -0.1) is 0 Å². The summed E-state index contributed by atoms with van der Waals surface area (Å²) >= 11 is 0. The van der Waals surface area contributed by atoms with Gasteiger partial charge < -0.3 is 19.9 Å². The fourth-order valence-electron chi connectivity index (χ4n) is 3.08. The van der Waals surface area contributed by atoms with E-state index in [4.69, 9.17) is 4.74 Å². The van der Waals surface area contributed by atoms with Crippen LogP contribution in [0.5, 0.6) is 0 Å². The minimum Gasteiger partial charge on any atom is -0.381 e. The Labute approximate surface area is 163 Å². The van der Waals surface area contributed by atoms with Crippen molar-refractivity contribution in [3.8, 4) is 0 Å². The van der Waals surface area contributed by atoms with E-state index < -0.39 is 11.5 Å². The normalized spacial score (nSPS) is 17.8. The first kappa shape index (κ1) is 19.8. The van der Waals surface area contributed by atoms with Gasteiger partial charge in [0.2, 0.25) is 0 Å². The lowest BCUT2D eigenvalue weighted by Crippen LogP contribution is -2.34. The maximum absolute atomic E-state index is 12.7. The lowest BCUT2D eigenvalue weighted by molar-refractivity contribution is 0.0940. The standard InChI is InChI=1S/C21H25N3O4/c1-3-28-13-16-10-18(16)23-19(25)15-9-17(20(26)22-2)21(27)24(12-15)11-14-7-5-4-6-8-14/h4-9,12,16,18H,3,10-11,13H2,1-2H3,(H,22,26)(H,23,25)/t16-,18+/m0/s1. The summed E-state index contributed by atoms with van der Waals surface area (Å²) < 4.78 is 6.79. The molecule has 7 nitrogen and oxygen atoms in total. The highest BCUT2D eigenvalue weighted by molar-refractivity contribution is 5.99. The molecule has 0 radical (unpaired) electrons. The second kappa shape index (κ2) is 8.84. The Morgan fingerprint density at radius 3 is 2.64 bits per heavy atom. The third-order valence-electron chi connectivity index (χ3n) is 4.79. The molecule has 1 aliphatic carbocycles. The molecule has 2 atom stereocenters. The number of carbonyl (C=O) groups excluding carboxylic acids is 2. The molecule has 3 rings (SSSR count). The molecule has 1 fully saturated rings. The van der Waals surface area contributed by atoms with Gasteiger partial charge in [0.15, 0.2) is 0 Å². The zero-order chi connectivity index (χ0) is 20.1. The largest absolute Gasteiger partial charge is 0.381 e. The summed E-state index contributed by atoms with van der Waals surface area (Å²) in [4.78, 5) is 37.5. The third-order valence-corrected chi connectivity index (χ3v) is 4.79. The van der Waals surface area contributed by atoms with E-state index in [-0.39, 0.29) is 29.6 Å². The minimum absolute atomic E-state index is 0.0484. The number of hydrogen-bond acceptors (Lipinski definition) is 4. The van der Waals surface area contributed by atoms with Crippen LogP contribution in [0.1, 0.15) is 39.6 Å². The molecule has 148 valence electrons. The molecular weight excluding hydrogens is 358 g/mol. The second-order valence-electron chi connectivity index (χ2n) is 6.88. The van der Waals surface area contributed by atoms with Crippen molar-refractivity contribution in [1.82, 2.24) is 15.2 Å². The van der Waals surface area contributed by atoms with Gasteiger partial charge in [-0.25, -0.2) is 0 Å². The van der Waals surface area contributed by atoms with E-state index in [9.17, 15) is 14.4 Å². The van der Waals surface area contributed by atoms with Crippen molar-refractivity contribution < 1.29 is 14.3 Å². The van der Waals surface area contributed by atoms with Gasteiger partial charge >= 0.3 is 0 Å². The number of benzene rings is 1. The van der Waals surface area contributed by atoms with Crippen LogP contribution in [0.4, 0.5) is 0 Å². The van der Waals surface area contributed by atoms with E-state index in [2.05, 4.69) is 10.6 Å². The first-order chi connectivity index (χ1) is 13.5. The third kappa shape index (κ3) is 4.67. The van der Waals surface area contributed by atoms with Gasteiger partial charge in [-0.1, -0.05) is 30.3 Å². The van der Waals surface area contributed by atoms with E-state index in [0.29, 0.717) is 19.1 Å². The summed E-state index contributed by atoms with van der Waals surface area (Å²) in [6.07, 6.45) is 2.38. The van der Waals surface area contributed by atoms with Crippen molar-refractivity contribution >= 4 is 11.8 Å². The molecular formula is C21H25N3O4. The van der Waals surface area contributed by atoms with Crippen LogP contribution in [0, 0.1) is 5.92 Å². The molecule has 2 amide bonds. The molecule has 0 unspecified atom stereocenters. The first-order valence-electron chi connectivity index (χ1n) is 9.42. The van der Waals surface area contributed by atoms with E-state index in [1.54, 1.807) is 0 Å². The summed E-state index contributed by atoms with van der Waals surface area (Å²) in [6.45, 7) is 3.49. The van der Waals surface area contributed by atoms with Crippen molar-refractivity contribution in [2.24, 2.45) is 5.92 Å². The highest BCUT2D eigenvalue weighted by Crippen LogP contribution is 2.30. The van der Waals surface area contributed by atoms with Gasteiger partial charge in [-0.05, 0) is 25.0 Å². The van der Waals surface area contributed by atoms with Crippen LogP contribution in [0.25, 0.3) is 0 Å². The number of nitrogens with zero attached hydrogens (tertiary/aromatic N) is 1. The monoisotopic (exact) mass is 383 g/mol. The highest BCUT2D eigenvalue weighted by atomic mass is 16.5. The highest BCUT2D eigenvalue weighted by Gasteiger charge is 2.38. The molecule has 2 aromatic rings.